The smallest absolute Gasteiger partial charge is 0.407 e. The highest BCUT2D eigenvalue weighted by Gasteiger charge is 2.72. The maximum absolute atomic E-state index is 14.3. The van der Waals surface area contributed by atoms with Gasteiger partial charge in [-0.2, -0.15) is 0 Å². The summed E-state index contributed by atoms with van der Waals surface area (Å²) < 4.78 is 34.0. The van der Waals surface area contributed by atoms with E-state index in [0.717, 1.165) is 27.2 Å². The second kappa shape index (κ2) is 8.38. The topological polar surface area (TPSA) is 95.9 Å². The molecule has 2 N–H and O–H groups in total. The van der Waals surface area contributed by atoms with Gasteiger partial charge in [-0.15, -0.1) is 0 Å². The molecule has 3 aliphatic rings. The van der Waals surface area contributed by atoms with Crippen molar-refractivity contribution in [3.05, 3.63) is 59.7 Å². The molecular weight excluding hydrogens is 446 g/mol. The van der Waals surface area contributed by atoms with E-state index in [1.54, 1.807) is 0 Å². The first-order valence-electron chi connectivity index (χ1n) is 11.3. The Morgan fingerprint density at radius 2 is 1.68 bits per heavy atom. The summed E-state index contributed by atoms with van der Waals surface area (Å²) in [5.41, 5.74) is 4.23. The fourth-order valence-electron chi connectivity index (χ4n) is 5.29. The molecule has 1 aliphatic heterocycles. The summed E-state index contributed by atoms with van der Waals surface area (Å²) in [5, 5.41) is 11.6. The predicted octanol–water partition coefficient (Wildman–Crippen LogP) is 3.48. The van der Waals surface area contributed by atoms with Crippen LogP contribution in [-0.2, 0) is 14.3 Å². The number of hydrogen-bond acceptors (Lipinski definition) is 4. The number of halogens is 2. The van der Waals surface area contributed by atoms with E-state index in [0.29, 0.717) is 6.42 Å². The van der Waals surface area contributed by atoms with Crippen LogP contribution in [0.5, 0.6) is 0 Å². The SMILES string of the molecule is O=C(NC[C@H]1[C@@H](C(=O)N2CCC[C@H]2C(=O)O)C1(F)F)OCC1c2ccccc2-c2ccccc21. The summed E-state index contributed by atoms with van der Waals surface area (Å²) in [6.07, 6.45) is -0.119. The molecule has 34 heavy (non-hydrogen) atoms. The highest BCUT2D eigenvalue weighted by molar-refractivity contribution is 5.89. The summed E-state index contributed by atoms with van der Waals surface area (Å²) >= 11 is 0. The Labute approximate surface area is 194 Å². The van der Waals surface area contributed by atoms with Crippen molar-refractivity contribution in [3.8, 4) is 11.1 Å². The highest BCUT2D eigenvalue weighted by atomic mass is 19.3. The number of nitrogens with zero attached hydrogens (tertiary/aromatic N) is 1. The molecule has 0 aromatic heterocycles. The molecule has 0 radical (unpaired) electrons. The zero-order chi connectivity index (χ0) is 24.0. The van der Waals surface area contributed by atoms with Crippen molar-refractivity contribution in [3.63, 3.8) is 0 Å². The fourth-order valence-corrected chi connectivity index (χ4v) is 5.29. The van der Waals surface area contributed by atoms with Gasteiger partial charge in [0.25, 0.3) is 5.92 Å². The van der Waals surface area contributed by atoms with Crippen LogP contribution >= 0.6 is 0 Å². The van der Waals surface area contributed by atoms with Gasteiger partial charge in [0.15, 0.2) is 0 Å². The maximum atomic E-state index is 14.3. The molecule has 2 aromatic carbocycles. The van der Waals surface area contributed by atoms with Gasteiger partial charge in [0.1, 0.15) is 18.6 Å². The van der Waals surface area contributed by atoms with Crippen LogP contribution < -0.4 is 5.32 Å². The standard InChI is InChI=1S/C25H24F2N2O5/c26-25(27)19(21(25)22(30)29-11-5-10-20(29)23(31)32)12-28-24(33)34-13-18-16-8-3-1-6-14(16)15-7-2-4-9-17(15)18/h1-4,6-9,18-21H,5,10-13H2,(H,28,33)(H,31,32)/t19-,20-,21-/m0/s1. The molecule has 5 rings (SSSR count). The quantitative estimate of drug-likeness (QED) is 0.674. The molecule has 1 saturated heterocycles. The van der Waals surface area contributed by atoms with Gasteiger partial charge in [0.05, 0.1) is 5.92 Å². The molecule has 178 valence electrons. The molecule has 0 unspecified atom stereocenters. The summed E-state index contributed by atoms with van der Waals surface area (Å²) in [4.78, 5) is 37.2. The van der Waals surface area contributed by atoms with Gasteiger partial charge in [-0.1, -0.05) is 48.5 Å². The number of hydrogen-bond donors (Lipinski definition) is 2. The van der Waals surface area contributed by atoms with E-state index in [1.165, 1.54) is 0 Å². The number of fused-ring (bicyclic) bond motifs is 3. The van der Waals surface area contributed by atoms with Crippen molar-refractivity contribution in [1.29, 1.82) is 0 Å². The first-order chi connectivity index (χ1) is 16.3. The number of likely N-dealkylation sites (tertiary alicyclic amines) is 1. The van der Waals surface area contributed by atoms with Crippen LogP contribution in [0, 0.1) is 11.8 Å². The number of carbonyl (C=O) groups is 3. The molecule has 0 spiro atoms. The lowest BCUT2D eigenvalue weighted by atomic mass is 9.98. The molecule has 3 atom stereocenters. The van der Waals surface area contributed by atoms with E-state index in [-0.39, 0.29) is 25.5 Å². The van der Waals surface area contributed by atoms with E-state index >= 15 is 0 Å². The Morgan fingerprint density at radius 3 is 2.29 bits per heavy atom. The average molecular weight is 470 g/mol. The molecular formula is C25H24F2N2O5. The molecule has 2 amide bonds. The minimum absolute atomic E-state index is 0.0529. The Morgan fingerprint density at radius 1 is 1.06 bits per heavy atom. The van der Waals surface area contributed by atoms with E-state index in [1.807, 2.05) is 48.5 Å². The summed E-state index contributed by atoms with van der Waals surface area (Å²) in [7, 11) is 0. The van der Waals surface area contributed by atoms with Crippen molar-refractivity contribution in [1.82, 2.24) is 10.2 Å². The number of amides is 2. The van der Waals surface area contributed by atoms with Gasteiger partial charge < -0.3 is 20.1 Å². The molecule has 9 heteroatoms. The largest absolute Gasteiger partial charge is 0.480 e. The van der Waals surface area contributed by atoms with Gasteiger partial charge in [-0.05, 0) is 35.1 Å². The van der Waals surface area contributed by atoms with Crippen LogP contribution in [0.25, 0.3) is 11.1 Å². The second-order valence-electron chi connectivity index (χ2n) is 8.99. The molecule has 2 aliphatic carbocycles. The molecule has 2 aromatic rings. The van der Waals surface area contributed by atoms with Crippen LogP contribution in [0.2, 0.25) is 0 Å². The first kappa shape index (κ1) is 22.3. The highest BCUT2D eigenvalue weighted by Crippen LogP contribution is 2.56. The van der Waals surface area contributed by atoms with Gasteiger partial charge in [0, 0.05) is 19.0 Å². The molecule has 0 bridgehead atoms. The minimum Gasteiger partial charge on any atom is -0.480 e. The molecule has 1 heterocycles. The number of rotatable bonds is 6. The third kappa shape index (κ3) is 3.69. The number of nitrogens with one attached hydrogen (secondary N) is 1. The number of benzene rings is 2. The predicted molar refractivity (Wildman–Crippen MR) is 117 cm³/mol. The first-order valence-corrected chi connectivity index (χ1v) is 11.3. The molecule has 7 nitrogen and oxygen atoms in total. The summed E-state index contributed by atoms with van der Waals surface area (Å²) in [6, 6.07) is 14.6. The fraction of sp³-hybridized carbons (Fsp3) is 0.400. The van der Waals surface area contributed by atoms with Crippen molar-refractivity contribution in [2.45, 2.75) is 30.7 Å². The van der Waals surface area contributed by atoms with Gasteiger partial charge >= 0.3 is 12.1 Å². The number of alkyl carbamates (subject to hydrolysis) is 1. The lowest BCUT2D eigenvalue weighted by Gasteiger charge is -2.21. The summed E-state index contributed by atoms with van der Waals surface area (Å²) in [5.74, 6) is -8.51. The van der Waals surface area contributed by atoms with Crippen molar-refractivity contribution < 1.29 is 33.0 Å². The third-order valence-corrected chi connectivity index (χ3v) is 7.10. The summed E-state index contributed by atoms with van der Waals surface area (Å²) in [6.45, 7) is -0.224. The lowest BCUT2D eigenvalue weighted by Crippen LogP contribution is -2.42. The Hall–Kier alpha value is -3.49. The zero-order valence-electron chi connectivity index (χ0n) is 18.2. The number of aliphatic carboxylic acids is 1. The lowest BCUT2D eigenvalue weighted by molar-refractivity contribution is -0.149. The number of carboxylic acids is 1. The Kier molecular flexibility index (Phi) is 5.50. The number of alkyl halides is 2. The minimum atomic E-state index is -3.29. The third-order valence-electron chi connectivity index (χ3n) is 7.10. The van der Waals surface area contributed by atoms with E-state index in [2.05, 4.69) is 5.32 Å². The Balaban J connectivity index is 1.17. The number of carboxylic acid groups (broad SMARTS) is 1. The zero-order valence-corrected chi connectivity index (χ0v) is 18.2. The normalized spacial score (nSPS) is 24.3. The molecule has 2 fully saturated rings. The van der Waals surface area contributed by atoms with E-state index < -0.39 is 48.3 Å². The van der Waals surface area contributed by atoms with E-state index in [4.69, 9.17) is 4.74 Å². The number of ether oxygens (including phenoxy) is 1. The van der Waals surface area contributed by atoms with Crippen LogP contribution in [0.15, 0.2) is 48.5 Å². The van der Waals surface area contributed by atoms with Crippen molar-refractivity contribution in [2.75, 3.05) is 19.7 Å². The Bertz CT molecular complexity index is 1110. The van der Waals surface area contributed by atoms with Crippen LogP contribution in [0.4, 0.5) is 13.6 Å². The van der Waals surface area contributed by atoms with Gasteiger partial charge in [0.2, 0.25) is 5.91 Å². The van der Waals surface area contributed by atoms with Gasteiger partial charge in [-0.3, -0.25) is 4.79 Å². The van der Waals surface area contributed by atoms with Gasteiger partial charge in [-0.25, -0.2) is 18.4 Å². The second-order valence-corrected chi connectivity index (χ2v) is 8.99. The monoisotopic (exact) mass is 470 g/mol. The number of carbonyl (C=O) groups excluding carboxylic acids is 2. The molecule has 1 saturated carbocycles. The van der Waals surface area contributed by atoms with Crippen molar-refractivity contribution >= 4 is 18.0 Å². The van der Waals surface area contributed by atoms with Crippen LogP contribution in [-0.4, -0.2) is 59.6 Å². The maximum Gasteiger partial charge on any atom is 0.407 e. The van der Waals surface area contributed by atoms with Crippen molar-refractivity contribution in [2.24, 2.45) is 11.8 Å². The average Bonchev–Trinajstić information content (AvgIpc) is 3.17. The van der Waals surface area contributed by atoms with Crippen LogP contribution in [0.1, 0.15) is 29.9 Å². The van der Waals surface area contributed by atoms with E-state index in [9.17, 15) is 28.3 Å². The van der Waals surface area contributed by atoms with Crippen LogP contribution in [0.3, 0.4) is 0 Å².